The summed E-state index contributed by atoms with van der Waals surface area (Å²) in [4.78, 5) is 28.4. The maximum Gasteiger partial charge on any atom is 0.256 e. The van der Waals surface area contributed by atoms with E-state index in [1.165, 1.54) is 16.7 Å². The first kappa shape index (κ1) is 19.3. The lowest BCUT2D eigenvalue weighted by atomic mass is 9.79. The highest BCUT2D eigenvalue weighted by Gasteiger charge is 2.34. The molecule has 0 bridgehead atoms. The summed E-state index contributed by atoms with van der Waals surface area (Å²) in [5.41, 5.74) is 8.40. The summed E-state index contributed by atoms with van der Waals surface area (Å²) >= 11 is 0. The lowest BCUT2D eigenvalue weighted by Crippen LogP contribution is -2.42. The first-order valence-electron chi connectivity index (χ1n) is 11.1. The molecule has 5 heteroatoms. The van der Waals surface area contributed by atoms with Crippen LogP contribution in [-0.4, -0.2) is 43.0 Å². The van der Waals surface area contributed by atoms with E-state index in [2.05, 4.69) is 12.2 Å². The molecule has 2 amide bonds. The van der Waals surface area contributed by atoms with E-state index in [1.54, 1.807) is 0 Å². The number of fused-ring (bicyclic) bond motifs is 1. The fraction of sp³-hybridized carbons (Fsp3) is 0.440. The van der Waals surface area contributed by atoms with Gasteiger partial charge in [-0.1, -0.05) is 23.8 Å². The lowest BCUT2D eigenvalue weighted by molar-refractivity contribution is -0.130. The molecule has 2 aliphatic carbocycles. The van der Waals surface area contributed by atoms with E-state index in [0.29, 0.717) is 26.3 Å². The molecule has 0 radical (unpaired) electrons. The number of ether oxygens (including phenoxy) is 1. The van der Waals surface area contributed by atoms with Gasteiger partial charge in [-0.3, -0.25) is 9.59 Å². The zero-order valence-electron chi connectivity index (χ0n) is 17.6. The summed E-state index contributed by atoms with van der Waals surface area (Å²) < 4.78 is 5.45. The number of hydrogen-bond donors (Lipinski definition) is 1. The molecule has 5 rings (SSSR count). The largest absolute Gasteiger partial charge is 0.378 e. The number of nitrogens with one attached hydrogen (secondary N) is 1. The van der Waals surface area contributed by atoms with Crippen LogP contribution in [0.25, 0.3) is 5.57 Å². The van der Waals surface area contributed by atoms with E-state index in [9.17, 15) is 9.59 Å². The summed E-state index contributed by atoms with van der Waals surface area (Å²) in [6.07, 6.45) is 5.67. The van der Waals surface area contributed by atoms with Crippen LogP contribution in [0.5, 0.6) is 0 Å². The van der Waals surface area contributed by atoms with Crippen LogP contribution in [-0.2, 0) is 14.3 Å². The van der Waals surface area contributed by atoms with Crippen molar-refractivity contribution in [1.29, 1.82) is 0 Å². The van der Waals surface area contributed by atoms with Crippen molar-refractivity contribution in [3.63, 3.8) is 0 Å². The van der Waals surface area contributed by atoms with Gasteiger partial charge < -0.3 is 15.0 Å². The quantitative estimate of drug-likeness (QED) is 0.713. The van der Waals surface area contributed by atoms with E-state index < -0.39 is 0 Å². The van der Waals surface area contributed by atoms with Crippen LogP contribution in [0, 0.1) is 0 Å². The predicted octanol–water partition coefficient (Wildman–Crippen LogP) is 4.23. The van der Waals surface area contributed by atoms with Crippen LogP contribution >= 0.6 is 0 Å². The van der Waals surface area contributed by atoms with Crippen LogP contribution in [0.15, 0.2) is 52.1 Å². The van der Waals surface area contributed by atoms with Crippen LogP contribution < -0.4 is 5.32 Å². The van der Waals surface area contributed by atoms with E-state index in [4.69, 9.17) is 4.74 Å². The average Bonchev–Trinajstić information content (AvgIpc) is 3.00. The molecule has 1 aromatic carbocycles. The number of anilines is 1. The molecule has 1 saturated heterocycles. The van der Waals surface area contributed by atoms with Gasteiger partial charge in [-0.25, -0.2) is 0 Å². The molecule has 156 valence electrons. The second-order valence-corrected chi connectivity index (χ2v) is 8.58. The van der Waals surface area contributed by atoms with Crippen molar-refractivity contribution in [2.45, 2.75) is 45.4 Å². The molecule has 0 spiro atoms. The Balaban J connectivity index is 1.64. The van der Waals surface area contributed by atoms with Crippen molar-refractivity contribution in [2.24, 2.45) is 0 Å². The third-order valence-corrected chi connectivity index (χ3v) is 6.77. The molecule has 2 heterocycles. The van der Waals surface area contributed by atoms with Crippen molar-refractivity contribution in [1.82, 2.24) is 4.90 Å². The van der Waals surface area contributed by atoms with Gasteiger partial charge in [-0.15, -0.1) is 0 Å². The maximum absolute atomic E-state index is 13.5. The van der Waals surface area contributed by atoms with Gasteiger partial charge in [0.25, 0.3) is 11.8 Å². The number of amides is 2. The summed E-state index contributed by atoms with van der Waals surface area (Å²) in [6, 6.07) is 7.93. The van der Waals surface area contributed by atoms with Gasteiger partial charge >= 0.3 is 0 Å². The number of para-hydroxylation sites is 1. The second-order valence-electron chi connectivity index (χ2n) is 8.58. The minimum absolute atomic E-state index is 0.00838. The molecule has 0 saturated carbocycles. The van der Waals surface area contributed by atoms with Gasteiger partial charge in [0, 0.05) is 29.9 Å². The summed E-state index contributed by atoms with van der Waals surface area (Å²) in [5.74, 6) is 0.138. The molecule has 0 unspecified atom stereocenters. The predicted molar refractivity (Wildman–Crippen MR) is 117 cm³/mol. The van der Waals surface area contributed by atoms with Gasteiger partial charge in [0.1, 0.15) is 0 Å². The first-order chi connectivity index (χ1) is 14.6. The Morgan fingerprint density at radius 2 is 1.67 bits per heavy atom. The van der Waals surface area contributed by atoms with Crippen LogP contribution in [0.1, 0.15) is 51.0 Å². The number of carbonyl (C=O) groups excluding carboxylic acids is 2. The molecule has 0 atom stereocenters. The molecular formula is C25H28N2O3. The fourth-order valence-electron chi connectivity index (χ4n) is 5.35. The maximum atomic E-state index is 13.5. The molecule has 2 aliphatic heterocycles. The molecule has 1 N–H and O–H groups in total. The minimum Gasteiger partial charge on any atom is -0.378 e. The van der Waals surface area contributed by atoms with E-state index in [0.717, 1.165) is 66.5 Å². The molecule has 1 aromatic rings. The van der Waals surface area contributed by atoms with Crippen LogP contribution in [0.4, 0.5) is 5.69 Å². The smallest absolute Gasteiger partial charge is 0.256 e. The topological polar surface area (TPSA) is 58.6 Å². The Morgan fingerprint density at radius 1 is 0.967 bits per heavy atom. The summed E-state index contributed by atoms with van der Waals surface area (Å²) in [6.45, 7) is 4.64. The highest BCUT2D eigenvalue weighted by molar-refractivity contribution is 6.32. The number of hydrogen-bond acceptors (Lipinski definition) is 3. The van der Waals surface area contributed by atoms with E-state index in [-0.39, 0.29) is 11.8 Å². The Hall–Kier alpha value is -2.66. The zero-order chi connectivity index (χ0) is 20.7. The Labute approximate surface area is 177 Å². The van der Waals surface area contributed by atoms with Gasteiger partial charge in [0.2, 0.25) is 0 Å². The van der Waals surface area contributed by atoms with Gasteiger partial charge in [0.15, 0.2) is 0 Å². The molecule has 1 fully saturated rings. The Bertz CT molecular complexity index is 1010. The van der Waals surface area contributed by atoms with Crippen LogP contribution in [0.2, 0.25) is 0 Å². The minimum atomic E-state index is -0.00838. The summed E-state index contributed by atoms with van der Waals surface area (Å²) in [7, 11) is 0. The number of rotatable bonds is 1. The van der Waals surface area contributed by atoms with Crippen molar-refractivity contribution < 1.29 is 14.3 Å². The van der Waals surface area contributed by atoms with E-state index >= 15 is 0 Å². The Morgan fingerprint density at radius 3 is 2.50 bits per heavy atom. The highest BCUT2D eigenvalue weighted by Crippen LogP contribution is 2.46. The van der Waals surface area contributed by atoms with Gasteiger partial charge in [-0.2, -0.15) is 0 Å². The summed E-state index contributed by atoms with van der Waals surface area (Å²) in [5, 5.41) is 3.03. The standard InChI is InChI=1S/C25H28N2O3/c1-16-6-4-8-17-18(22(16)25(29)27-12-14-30-15-13-27)9-5-10-19(17)23-20-7-2-3-11-21(20)26-24(23)28/h2-3,7,11H,4-6,8-10,12-15H2,1H3,(H,26,28)/b23-19-. The number of carbonyl (C=O) groups is 2. The highest BCUT2D eigenvalue weighted by atomic mass is 16.5. The molecule has 5 nitrogen and oxygen atoms in total. The third-order valence-electron chi connectivity index (χ3n) is 6.77. The number of benzene rings is 1. The van der Waals surface area contributed by atoms with Gasteiger partial charge in [-0.05, 0) is 68.2 Å². The normalized spacial score (nSPS) is 24.4. The van der Waals surface area contributed by atoms with Crippen molar-refractivity contribution >= 4 is 23.1 Å². The number of allylic oxidation sites excluding steroid dienone is 3. The molecule has 4 aliphatic rings. The fourth-order valence-corrected chi connectivity index (χ4v) is 5.35. The zero-order valence-corrected chi connectivity index (χ0v) is 17.6. The lowest BCUT2D eigenvalue weighted by Gasteiger charge is -2.31. The third kappa shape index (κ3) is 3.21. The monoisotopic (exact) mass is 404 g/mol. The Kier molecular flexibility index (Phi) is 5.07. The molecular weight excluding hydrogens is 376 g/mol. The van der Waals surface area contributed by atoms with Crippen molar-refractivity contribution in [3.05, 3.63) is 57.7 Å². The number of nitrogens with zero attached hydrogens (tertiary/aromatic N) is 1. The van der Waals surface area contributed by atoms with Crippen molar-refractivity contribution in [2.75, 3.05) is 31.6 Å². The molecule has 0 aromatic heterocycles. The average molecular weight is 405 g/mol. The first-order valence-corrected chi connectivity index (χ1v) is 11.1. The second kappa shape index (κ2) is 7.88. The SMILES string of the molecule is CC1=C(C(=O)N2CCOCC2)C2=C(CCC1)/C(=C1\C(=O)Nc3ccccc31)CCC2. The van der Waals surface area contributed by atoms with Crippen molar-refractivity contribution in [3.8, 4) is 0 Å². The molecule has 30 heavy (non-hydrogen) atoms. The number of morpholine rings is 1. The van der Waals surface area contributed by atoms with Gasteiger partial charge in [0.05, 0.1) is 18.8 Å². The van der Waals surface area contributed by atoms with E-state index in [1.807, 2.05) is 29.2 Å². The van der Waals surface area contributed by atoms with Crippen LogP contribution in [0.3, 0.4) is 0 Å².